The maximum absolute atomic E-state index is 12.6. The molecule has 3 rings (SSSR count). The summed E-state index contributed by atoms with van der Waals surface area (Å²) in [6.45, 7) is 1.62. The molecule has 1 aliphatic heterocycles. The maximum atomic E-state index is 12.6. The number of amides is 1. The van der Waals surface area contributed by atoms with E-state index in [1.165, 1.54) is 5.56 Å². The van der Waals surface area contributed by atoms with Gasteiger partial charge in [0.1, 0.15) is 5.82 Å². The molecule has 1 aliphatic rings. The van der Waals surface area contributed by atoms with Crippen LogP contribution in [0.3, 0.4) is 0 Å². The van der Waals surface area contributed by atoms with Crippen molar-refractivity contribution in [3.63, 3.8) is 0 Å². The number of benzene rings is 1. The van der Waals surface area contributed by atoms with Crippen LogP contribution in [-0.2, 0) is 0 Å². The van der Waals surface area contributed by atoms with E-state index in [0.717, 1.165) is 37.3 Å². The highest BCUT2D eigenvalue weighted by molar-refractivity contribution is 5.94. The predicted molar refractivity (Wildman–Crippen MR) is 88.1 cm³/mol. The number of piperidine rings is 1. The van der Waals surface area contributed by atoms with Gasteiger partial charge in [0.25, 0.3) is 5.91 Å². The van der Waals surface area contributed by atoms with E-state index in [0.29, 0.717) is 5.92 Å². The predicted octanol–water partition coefficient (Wildman–Crippen LogP) is 3.14. The first-order chi connectivity index (χ1) is 10.8. The molecular formula is C18H21N3O. The molecule has 4 nitrogen and oxygen atoms in total. The summed E-state index contributed by atoms with van der Waals surface area (Å²) >= 11 is 0. The molecule has 1 atom stereocenters. The van der Waals surface area contributed by atoms with Crippen molar-refractivity contribution in [3.8, 4) is 0 Å². The lowest BCUT2D eigenvalue weighted by Crippen LogP contribution is -2.39. The molecule has 1 aromatic carbocycles. The first-order valence-electron chi connectivity index (χ1n) is 7.76. The van der Waals surface area contributed by atoms with Gasteiger partial charge in [0, 0.05) is 37.8 Å². The zero-order valence-electron chi connectivity index (χ0n) is 12.8. The number of aromatic nitrogens is 1. The molecule has 0 spiro atoms. The Bertz CT molecular complexity index is 642. The lowest BCUT2D eigenvalue weighted by Gasteiger charge is -2.33. The zero-order valence-corrected chi connectivity index (χ0v) is 12.8. The number of hydrogen-bond donors (Lipinski definition) is 1. The lowest BCUT2D eigenvalue weighted by atomic mass is 9.91. The van der Waals surface area contributed by atoms with E-state index in [1.807, 2.05) is 48.5 Å². The summed E-state index contributed by atoms with van der Waals surface area (Å²) in [6.07, 6.45) is 3.99. The fourth-order valence-corrected chi connectivity index (χ4v) is 3.03. The monoisotopic (exact) mass is 295 g/mol. The van der Waals surface area contributed by atoms with E-state index in [2.05, 4.69) is 22.4 Å². The largest absolute Gasteiger partial charge is 0.373 e. The Kier molecular flexibility index (Phi) is 4.37. The van der Waals surface area contributed by atoms with Gasteiger partial charge in [0.05, 0.1) is 0 Å². The number of carbonyl (C=O) groups excluding carboxylic acids is 1. The molecule has 1 aromatic heterocycles. The molecule has 0 radical (unpaired) electrons. The molecule has 2 aromatic rings. The molecule has 2 heterocycles. The van der Waals surface area contributed by atoms with Crippen LogP contribution >= 0.6 is 0 Å². The van der Waals surface area contributed by atoms with Gasteiger partial charge >= 0.3 is 0 Å². The van der Waals surface area contributed by atoms with Crippen molar-refractivity contribution in [3.05, 3.63) is 59.8 Å². The maximum Gasteiger partial charge on any atom is 0.253 e. The standard InChI is InChI=1S/C18H21N3O/c1-19-17-12-15(9-10-20-17)16-8-5-11-21(13-16)18(22)14-6-3-2-4-7-14/h2-4,6-7,9-10,12,16H,5,8,11,13H2,1H3,(H,19,20). The summed E-state index contributed by atoms with van der Waals surface area (Å²) in [4.78, 5) is 18.8. The van der Waals surface area contributed by atoms with E-state index in [4.69, 9.17) is 0 Å². The third kappa shape index (κ3) is 3.11. The van der Waals surface area contributed by atoms with Crippen molar-refractivity contribution in [2.75, 3.05) is 25.5 Å². The van der Waals surface area contributed by atoms with Gasteiger partial charge in [0.15, 0.2) is 0 Å². The minimum absolute atomic E-state index is 0.133. The zero-order chi connectivity index (χ0) is 15.4. The van der Waals surface area contributed by atoms with E-state index in [1.54, 1.807) is 0 Å². The highest BCUT2D eigenvalue weighted by atomic mass is 16.2. The van der Waals surface area contributed by atoms with Gasteiger partial charge in [0.2, 0.25) is 0 Å². The van der Waals surface area contributed by atoms with Gasteiger partial charge in [-0.3, -0.25) is 4.79 Å². The van der Waals surface area contributed by atoms with Crippen LogP contribution < -0.4 is 5.32 Å². The number of nitrogens with zero attached hydrogens (tertiary/aromatic N) is 2. The summed E-state index contributed by atoms with van der Waals surface area (Å²) < 4.78 is 0. The van der Waals surface area contributed by atoms with Gasteiger partial charge in [-0.1, -0.05) is 18.2 Å². The minimum Gasteiger partial charge on any atom is -0.373 e. The lowest BCUT2D eigenvalue weighted by molar-refractivity contribution is 0.0707. The fraction of sp³-hybridized carbons (Fsp3) is 0.333. The number of pyridine rings is 1. The molecule has 0 saturated carbocycles. The molecule has 1 unspecified atom stereocenters. The number of nitrogens with one attached hydrogen (secondary N) is 1. The van der Waals surface area contributed by atoms with Crippen LogP contribution in [-0.4, -0.2) is 35.9 Å². The Balaban J connectivity index is 1.75. The molecule has 1 N–H and O–H groups in total. The summed E-state index contributed by atoms with van der Waals surface area (Å²) in [5, 5.41) is 3.07. The number of carbonyl (C=O) groups is 1. The van der Waals surface area contributed by atoms with Gasteiger partial charge in [-0.05, 0) is 42.7 Å². The van der Waals surface area contributed by atoms with Crippen LogP contribution in [0, 0.1) is 0 Å². The highest BCUT2D eigenvalue weighted by Crippen LogP contribution is 2.28. The quantitative estimate of drug-likeness (QED) is 0.946. The molecule has 22 heavy (non-hydrogen) atoms. The minimum atomic E-state index is 0.133. The average molecular weight is 295 g/mol. The van der Waals surface area contributed by atoms with Crippen molar-refractivity contribution in [2.24, 2.45) is 0 Å². The third-order valence-corrected chi connectivity index (χ3v) is 4.24. The number of anilines is 1. The smallest absolute Gasteiger partial charge is 0.253 e. The summed E-state index contributed by atoms with van der Waals surface area (Å²) in [5.41, 5.74) is 2.03. The molecule has 0 bridgehead atoms. The van der Waals surface area contributed by atoms with Crippen LogP contribution in [0.1, 0.15) is 34.7 Å². The number of likely N-dealkylation sites (tertiary alicyclic amines) is 1. The molecule has 0 aliphatic carbocycles. The van der Waals surface area contributed by atoms with E-state index in [9.17, 15) is 4.79 Å². The molecular weight excluding hydrogens is 274 g/mol. The second-order valence-electron chi connectivity index (χ2n) is 5.68. The topological polar surface area (TPSA) is 45.2 Å². The van der Waals surface area contributed by atoms with Crippen LogP contribution in [0.2, 0.25) is 0 Å². The van der Waals surface area contributed by atoms with E-state index < -0.39 is 0 Å². The van der Waals surface area contributed by atoms with Crippen LogP contribution in [0.25, 0.3) is 0 Å². The van der Waals surface area contributed by atoms with Crippen molar-refractivity contribution in [2.45, 2.75) is 18.8 Å². The van der Waals surface area contributed by atoms with Crippen molar-refractivity contribution in [1.29, 1.82) is 0 Å². The van der Waals surface area contributed by atoms with Crippen molar-refractivity contribution in [1.82, 2.24) is 9.88 Å². The molecule has 1 amide bonds. The fourth-order valence-electron chi connectivity index (χ4n) is 3.03. The highest BCUT2D eigenvalue weighted by Gasteiger charge is 2.25. The average Bonchev–Trinajstić information content (AvgIpc) is 2.62. The SMILES string of the molecule is CNc1cc(C2CCCN(C(=O)c3ccccc3)C2)ccn1. The van der Waals surface area contributed by atoms with Gasteiger partial charge in [-0.25, -0.2) is 4.98 Å². The molecule has 1 saturated heterocycles. The third-order valence-electron chi connectivity index (χ3n) is 4.24. The summed E-state index contributed by atoms with van der Waals surface area (Å²) in [7, 11) is 1.87. The van der Waals surface area contributed by atoms with Crippen LogP contribution in [0.5, 0.6) is 0 Å². The second kappa shape index (κ2) is 6.60. The Hall–Kier alpha value is -2.36. The Morgan fingerprint density at radius 2 is 2.09 bits per heavy atom. The van der Waals surface area contributed by atoms with Crippen molar-refractivity contribution >= 4 is 11.7 Å². The normalized spacial score (nSPS) is 18.0. The summed E-state index contributed by atoms with van der Waals surface area (Å²) in [5.74, 6) is 1.40. The van der Waals surface area contributed by atoms with Gasteiger partial charge < -0.3 is 10.2 Å². The van der Waals surface area contributed by atoms with Crippen LogP contribution in [0.15, 0.2) is 48.7 Å². The van der Waals surface area contributed by atoms with E-state index >= 15 is 0 Å². The number of rotatable bonds is 3. The van der Waals surface area contributed by atoms with E-state index in [-0.39, 0.29) is 5.91 Å². The Morgan fingerprint density at radius 1 is 1.27 bits per heavy atom. The number of hydrogen-bond acceptors (Lipinski definition) is 3. The Morgan fingerprint density at radius 3 is 2.86 bits per heavy atom. The Labute approximate surface area is 131 Å². The summed E-state index contributed by atoms with van der Waals surface area (Å²) in [6, 6.07) is 13.7. The van der Waals surface area contributed by atoms with Crippen molar-refractivity contribution < 1.29 is 4.79 Å². The molecule has 1 fully saturated rings. The molecule has 4 heteroatoms. The van der Waals surface area contributed by atoms with Gasteiger partial charge in [-0.2, -0.15) is 0 Å². The molecule has 114 valence electrons. The van der Waals surface area contributed by atoms with Gasteiger partial charge in [-0.15, -0.1) is 0 Å². The second-order valence-corrected chi connectivity index (χ2v) is 5.68. The van der Waals surface area contributed by atoms with Crippen LogP contribution in [0.4, 0.5) is 5.82 Å². The first-order valence-corrected chi connectivity index (χ1v) is 7.76. The first kappa shape index (κ1) is 14.6.